The molecule has 0 spiro atoms. The zero-order chi connectivity index (χ0) is 18.7. The van der Waals surface area contributed by atoms with Crippen LogP contribution in [0.2, 0.25) is 0 Å². The van der Waals surface area contributed by atoms with Gasteiger partial charge in [0.15, 0.2) is 16.6 Å². The summed E-state index contributed by atoms with van der Waals surface area (Å²) in [6.45, 7) is -2.90. The summed E-state index contributed by atoms with van der Waals surface area (Å²) in [5.41, 5.74) is 0.845. The second-order valence-corrected chi connectivity index (χ2v) is 6.05. The quantitative estimate of drug-likeness (QED) is 0.695. The molecule has 0 aliphatic rings. The summed E-state index contributed by atoms with van der Waals surface area (Å²) in [5.74, 6) is 0.340. The van der Waals surface area contributed by atoms with Crippen molar-refractivity contribution < 1.29 is 27.8 Å². The van der Waals surface area contributed by atoms with Crippen LogP contribution in [0.1, 0.15) is 10.4 Å². The van der Waals surface area contributed by atoms with E-state index in [2.05, 4.69) is 15.0 Å². The maximum absolute atomic E-state index is 12.5. The van der Waals surface area contributed by atoms with Gasteiger partial charge in [-0.05, 0) is 30.3 Å². The predicted octanol–water partition coefficient (Wildman–Crippen LogP) is 4.17. The lowest BCUT2D eigenvalue weighted by Crippen LogP contribution is -2.13. The molecular weight excluding hydrogens is 366 g/mol. The van der Waals surface area contributed by atoms with Crippen LogP contribution in [0.3, 0.4) is 0 Å². The summed E-state index contributed by atoms with van der Waals surface area (Å²) in [6, 6.07) is 9.33. The van der Waals surface area contributed by atoms with Crippen molar-refractivity contribution in [2.45, 2.75) is 6.61 Å². The summed E-state index contributed by atoms with van der Waals surface area (Å²) in [6.07, 6.45) is 0. The van der Waals surface area contributed by atoms with Crippen LogP contribution in [0.5, 0.6) is 17.2 Å². The summed E-state index contributed by atoms with van der Waals surface area (Å²) in [7, 11) is 2.92. The lowest BCUT2D eigenvalue weighted by molar-refractivity contribution is -0.0497. The zero-order valence-corrected chi connectivity index (χ0v) is 14.6. The average molecular weight is 380 g/mol. The molecule has 26 heavy (non-hydrogen) atoms. The minimum atomic E-state index is -2.90. The summed E-state index contributed by atoms with van der Waals surface area (Å²) in [4.78, 5) is 16.8. The lowest BCUT2D eigenvalue weighted by atomic mass is 10.1. The van der Waals surface area contributed by atoms with Crippen molar-refractivity contribution >= 4 is 32.6 Å². The highest BCUT2D eigenvalue weighted by atomic mass is 32.1. The standard InChI is InChI=1S/C17H14F2N2O4S/c1-23-12-5-3-4-10(14(12)24-2)15(22)21-17-20-11-7-6-9(25-16(18)19)8-13(11)26-17/h3-8,16H,1-2H3,(H,20,21,22). The van der Waals surface area contributed by atoms with E-state index in [1.807, 2.05) is 0 Å². The third kappa shape index (κ3) is 3.67. The molecule has 0 saturated carbocycles. The molecule has 0 radical (unpaired) electrons. The van der Waals surface area contributed by atoms with Crippen molar-refractivity contribution in [3.8, 4) is 17.2 Å². The minimum absolute atomic E-state index is 0.0310. The van der Waals surface area contributed by atoms with Gasteiger partial charge in [-0.15, -0.1) is 0 Å². The molecule has 9 heteroatoms. The number of carbonyl (C=O) groups excluding carboxylic acids is 1. The molecule has 0 saturated heterocycles. The molecule has 0 unspecified atom stereocenters. The molecule has 0 aliphatic heterocycles. The minimum Gasteiger partial charge on any atom is -0.493 e. The topological polar surface area (TPSA) is 69.7 Å². The number of nitrogens with one attached hydrogen (secondary N) is 1. The van der Waals surface area contributed by atoms with Gasteiger partial charge >= 0.3 is 6.61 Å². The van der Waals surface area contributed by atoms with Crippen molar-refractivity contribution in [1.29, 1.82) is 0 Å². The third-order valence-electron chi connectivity index (χ3n) is 3.45. The van der Waals surface area contributed by atoms with Crippen LogP contribution in [0.4, 0.5) is 13.9 Å². The van der Waals surface area contributed by atoms with E-state index in [9.17, 15) is 13.6 Å². The van der Waals surface area contributed by atoms with Crippen molar-refractivity contribution in [3.05, 3.63) is 42.0 Å². The first-order valence-electron chi connectivity index (χ1n) is 7.39. The van der Waals surface area contributed by atoms with Crippen LogP contribution in [-0.2, 0) is 0 Å². The van der Waals surface area contributed by atoms with E-state index < -0.39 is 12.5 Å². The number of benzene rings is 2. The number of nitrogens with zero attached hydrogens (tertiary/aromatic N) is 1. The Morgan fingerprint density at radius 2 is 2.00 bits per heavy atom. The highest BCUT2D eigenvalue weighted by Gasteiger charge is 2.18. The second-order valence-electron chi connectivity index (χ2n) is 5.02. The van der Waals surface area contributed by atoms with Gasteiger partial charge < -0.3 is 14.2 Å². The number of halogens is 2. The molecule has 0 aliphatic carbocycles. The van der Waals surface area contributed by atoms with Crippen molar-refractivity contribution in [2.75, 3.05) is 19.5 Å². The molecule has 1 aromatic heterocycles. The molecule has 1 N–H and O–H groups in total. The van der Waals surface area contributed by atoms with Crippen LogP contribution in [0.25, 0.3) is 10.2 Å². The van der Waals surface area contributed by atoms with Gasteiger partial charge in [-0.25, -0.2) is 4.98 Å². The summed E-state index contributed by atoms with van der Waals surface area (Å²) in [5, 5.41) is 3.00. The Balaban J connectivity index is 1.86. The molecule has 0 atom stereocenters. The fraction of sp³-hybridized carbons (Fsp3) is 0.176. The van der Waals surface area contributed by atoms with Gasteiger partial charge in [-0.1, -0.05) is 17.4 Å². The maximum atomic E-state index is 12.5. The Labute approximate surface area is 151 Å². The molecule has 1 heterocycles. The van der Waals surface area contributed by atoms with Crippen LogP contribution in [0.15, 0.2) is 36.4 Å². The summed E-state index contributed by atoms with van der Waals surface area (Å²) < 4.78 is 40.0. The van der Waals surface area contributed by atoms with E-state index in [4.69, 9.17) is 9.47 Å². The SMILES string of the molecule is COc1cccc(C(=O)Nc2nc3ccc(OC(F)F)cc3s2)c1OC. The Hall–Kier alpha value is -2.94. The predicted molar refractivity (Wildman–Crippen MR) is 93.8 cm³/mol. The smallest absolute Gasteiger partial charge is 0.387 e. The summed E-state index contributed by atoms with van der Waals surface area (Å²) >= 11 is 1.14. The number of hydrogen-bond acceptors (Lipinski definition) is 6. The van der Waals surface area contributed by atoms with Crippen LogP contribution < -0.4 is 19.5 Å². The number of amides is 1. The van der Waals surface area contributed by atoms with Gasteiger partial charge in [-0.3, -0.25) is 10.1 Å². The normalized spacial score (nSPS) is 10.8. The van der Waals surface area contributed by atoms with Gasteiger partial charge in [0.25, 0.3) is 5.91 Å². The molecule has 136 valence electrons. The number of rotatable bonds is 6. The number of thiazole rings is 1. The van der Waals surface area contributed by atoms with E-state index in [-0.39, 0.29) is 11.3 Å². The fourth-order valence-electron chi connectivity index (χ4n) is 2.36. The molecule has 2 aromatic carbocycles. The fourth-order valence-corrected chi connectivity index (χ4v) is 3.25. The number of hydrogen-bond donors (Lipinski definition) is 1. The number of para-hydroxylation sites is 1. The second kappa shape index (κ2) is 7.52. The molecule has 3 aromatic rings. The first kappa shape index (κ1) is 17.9. The molecule has 3 rings (SSSR count). The third-order valence-corrected chi connectivity index (χ3v) is 4.39. The lowest BCUT2D eigenvalue weighted by Gasteiger charge is -2.11. The average Bonchev–Trinajstić information content (AvgIpc) is 3.01. The number of fused-ring (bicyclic) bond motifs is 1. The largest absolute Gasteiger partial charge is 0.493 e. The Bertz CT molecular complexity index is 946. The van der Waals surface area contributed by atoms with Crippen molar-refractivity contribution in [1.82, 2.24) is 4.98 Å². The number of anilines is 1. The number of ether oxygens (including phenoxy) is 3. The van der Waals surface area contributed by atoms with E-state index in [1.54, 1.807) is 24.3 Å². The van der Waals surface area contributed by atoms with E-state index in [0.29, 0.717) is 26.8 Å². The number of carbonyl (C=O) groups is 1. The number of alkyl halides is 2. The zero-order valence-electron chi connectivity index (χ0n) is 13.8. The van der Waals surface area contributed by atoms with Gasteiger partial charge in [0.2, 0.25) is 0 Å². The highest BCUT2D eigenvalue weighted by molar-refractivity contribution is 7.22. The molecule has 1 amide bonds. The highest BCUT2D eigenvalue weighted by Crippen LogP contribution is 2.33. The molecular formula is C17H14F2N2O4S. The van der Waals surface area contributed by atoms with Gasteiger partial charge in [0, 0.05) is 0 Å². The number of methoxy groups -OCH3 is 2. The van der Waals surface area contributed by atoms with Gasteiger partial charge in [0.05, 0.1) is 30.0 Å². The molecule has 0 bridgehead atoms. The van der Waals surface area contributed by atoms with E-state index in [0.717, 1.165) is 11.3 Å². The molecule has 0 fully saturated rings. The van der Waals surface area contributed by atoms with Gasteiger partial charge in [-0.2, -0.15) is 8.78 Å². The molecule has 6 nitrogen and oxygen atoms in total. The van der Waals surface area contributed by atoms with Crippen molar-refractivity contribution in [2.24, 2.45) is 0 Å². The van der Waals surface area contributed by atoms with Crippen LogP contribution >= 0.6 is 11.3 Å². The first-order chi connectivity index (χ1) is 12.5. The first-order valence-corrected chi connectivity index (χ1v) is 8.21. The van der Waals surface area contributed by atoms with Crippen LogP contribution in [0, 0.1) is 0 Å². The maximum Gasteiger partial charge on any atom is 0.387 e. The Morgan fingerprint density at radius 3 is 2.69 bits per heavy atom. The van der Waals surface area contributed by atoms with E-state index in [1.165, 1.54) is 26.4 Å². The van der Waals surface area contributed by atoms with Gasteiger partial charge in [0.1, 0.15) is 5.75 Å². The van der Waals surface area contributed by atoms with Crippen molar-refractivity contribution in [3.63, 3.8) is 0 Å². The number of aromatic nitrogens is 1. The Morgan fingerprint density at radius 1 is 1.19 bits per heavy atom. The van der Waals surface area contributed by atoms with E-state index >= 15 is 0 Å². The van der Waals surface area contributed by atoms with Crippen LogP contribution in [-0.4, -0.2) is 31.7 Å². The monoisotopic (exact) mass is 380 g/mol. The Kier molecular flexibility index (Phi) is 5.17.